The molecule has 1 aliphatic rings. The van der Waals surface area contributed by atoms with Crippen LogP contribution >= 0.6 is 11.6 Å². The molecule has 0 bridgehead atoms. The number of anilines is 1. The van der Waals surface area contributed by atoms with Crippen LogP contribution in [0.1, 0.15) is 28.8 Å². The summed E-state index contributed by atoms with van der Waals surface area (Å²) in [5, 5.41) is 6.21. The third kappa shape index (κ3) is 6.48. The summed E-state index contributed by atoms with van der Waals surface area (Å²) in [6.07, 6.45) is 2.00. The van der Waals surface area contributed by atoms with Gasteiger partial charge in [0.2, 0.25) is 0 Å². The fraction of sp³-hybridized carbons (Fsp3) is 0.364. The Morgan fingerprint density at radius 2 is 1.79 bits per heavy atom. The summed E-state index contributed by atoms with van der Waals surface area (Å²) in [6.45, 7) is 1.83. The minimum absolute atomic E-state index is 0.206. The van der Waals surface area contributed by atoms with Crippen LogP contribution in [0.2, 0.25) is 5.02 Å². The molecule has 0 heterocycles. The van der Waals surface area contributed by atoms with E-state index in [2.05, 4.69) is 10.6 Å². The average molecular weight is 415 g/mol. The standard InChI is InChI=1S/C22H27ClN4O2/c1-26(2)12-13-27(15-16-6-4-3-5-7-16)22(29)25-18-10-11-20(23)19(14-18)21(28)24-17-8-9-17/h3-7,10-11,14,17H,8-9,12-13,15H2,1-2H3,(H,24,28)(H,25,29). The second-order valence-corrected chi connectivity index (χ2v) is 7.99. The number of rotatable bonds is 8. The Hall–Kier alpha value is -2.57. The number of amides is 3. The van der Waals surface area contributed by atoms with Crippen LogP contribution in [-0.2, 0) is 6.54 Å². The van der Waals surface area contributed by atoms with E-state index in [1.54, 1.807) is 23.1 Å². The van der Waals surface area contributed by atoms with E-state index >= 15 is 0 Å². The second kappa shape index (κ2) is 9.76. The van der Waals surface area contributed by atoms with Gasteiger partial charge < -0.3 is 20.4 Å². The topological polar surface area (TPSA) is 64.7 Å². The van der Waals surface area contributed by atoms with Crippen LogP contribution in [0.3, 0.4) is 0 Å². The van der Waals surface area contributed by atoms with Crippen molar-refractivity contribution in [3.8, 4) is 0 Å². The quantitative estimate of drug-likeness (QED) is 0.690. The van der Waals surface area contributed by atoms with Crippen LogP contribution in [0.4, 0.5) is 10.5 Å². The van der Waals surface area contributed by atoms with E-state index in [-0.39, 0.29) is 18.0 Å². The molecule has 0 aliphatic heterocycles. The van der Waals surface area contributed by atoms with Gasteiger partial charge in [0.15, 0.2) is 0 Å². The highest BCUT2D eigenvalue weighted by Gasteiger charge is 2.25. The number of hydrogen-bond donors (Lipinski definition) is 2. The Morgan fingerprint density at radius 1 is 1.07 bits per heavy atom. The number of urea groups is 1. The molecule has 7 heteroatoms. The molecule has 29 heavy (non-hydrogen) atoms. The van der Waals surface area contributed by atoms with Crippen molar-refractivity contribution < 1.29 is 9.59 Å². The zero-order valence-electron chi connectivity index (χ0n) is 16.8. The van der Waals surface area contributed by atoms with Crippen molar-refractivity contribution in [3.63, 3.8) is 0 Å². The van der Waals surface area contributed by atoms with Gasteiger partial charge in [-0.3, -0.25) is 4.79 Å². The third-order valence-corrected chi connectivity index (χ3v) is 5.03. The monoisotopic (exact) mass is 414 g/mol. The first-order valence-electron chi connectivity index (χ1n) is 9.77. The van der Waals surface area contributed by atoms with Crippen LogP contribution in [0, 0.1) is 0 Å². The highest BCUT2D eigenvalue weighted by Crippen LogP contribution is 2.24. The molecular weight excluding hydrogens is 388 g/mol. The van der Waals surface area contributed by atoms with Crippen LogP contribution in [0.25, 0.3) is 0 Å². The van der Waals surface area contributed by atoms with Crippen molar-refractivity contribution in [1.82, 2.24) is 15.1 Å². The Morgan fingerprint density at radius 3 is 2.45 bits per heavy atom. The molecule has 1 aliphatic carbocycles. The summed E-state index contributed by atoms with van der Waals surface area (Å²) in [7, 11) is 3.95. The molecule has 0 atom stereocenters. The lowest BCUT2D eigenvalue weighted by Crippen LogP contribution is -2.39. The number of halogens is 1. The second-order valence-electron chi connectivity index (χ2n) is 7.58. The van der Waals surface area contributed by atoms with Crippen molar-refractivity contribution in [2.45, 2.75) is 25.4 Å². The van der Waals surface area contributed by atoms with Crippen LogP contribution in [0.15, 0.2) is 48.5 Å². The molecule has 1 saturated carbocycles. The smallest absolute Gasteiger partial charge is 0.322 e. The third-order valence-electron chi connectivity index (χ3n) is 4.70. The number of carbonyl (C=O) groups excluding carboxylic acids is 2. The van der Waals surface area contributed by atoms with Crippen molar-refractivity contribution >= 4 is 29.2 Å². The fourth-order valence-corrected chi connectivity index (χ4v) is 3.05. The zero-order chi connectivity index (χ0) is 20.8. The van der Waals surface area contributed by atoms with Gasteiger partial charge in [-0.2, -0.15) is 0 Å². The van der Waals surface area contributed by atoms with Crippen molar-refractivity contribution in [1.29, 1.82) is 0 Å². The van der Waals surface area contributed by atoms with Gasteiger partial charge in [0.25, 0.3) is 5.91 Å². The number of nitrogens with zero attached hydrogens (tertiary/aromatic N) is 2. The molecule has 1 fully saturated rings. The molecule has 2 N–H and O–H groups in total. The van der Waals surface area contributed by atoms with Crippen LogP contribution in [-0.4, -0.2) is 55.0 Å². The summed E-state index contributed by atoms with van der Waals surface area (Å²) < 4.78 is 0. The van der Waals surface area contributed by atoms with Gasteiger partial charge in [0.1, 0.15) is 0 Å². The van der Waals surface area contributed by atoms with Gasteiger partial charge in [0.05, 0.1) is 10.6 Å². The lowest BCUT2D eigenvalue weighted by atomic mass is 10.2. The molecule has 0 spiro atoms. The molecule has 0 unspecified atom stereocenters. The van der Waals surface area contributed by atoms with Crippen LogP contribution < -0.4 is 10.6 Å². The van der Waals surface area contributed by atoms with E-state index in [1.807, 2.05) is 49.3 Å². The molecule has 2 aromatic rings. The van der Waals surface area contributed by atoms with Crippen molar-refractivity contribution in [2.75, 3.05) is 32.5 Å². The number of likely N-dealkylation sites (N-methyl/N-ethyl adjacent to an activating group) is 1. The Bertz CT molecular complexity index is 853. The molecule has 3 amide bonds. The van der Waals surface area contributed by atoms with Gasteiger partial charge in [0, 0.05) is 31.4 Å². The average Bonchev–Trinajstić information content (AvgIpc) is 3.51. The lowest BCUT2D eigenvalue weighted by molar-refractivity contribution is 0.0951. The lowest BCUT2D eigenvalue weighted by Gasteiger charge is -2.25. The predicted molar refractivity (Wildman–Crippen MR) is 116 cm³/mol. The molecule has 3 rings (SSSR count). The SMILES string of the molecule is CN(C)CCN(Cc1ccccc1)C(=O)Nc1ccc(Cl)c(C(=O)NC2CC2)c1. The molecule has 0 saturated heterocycles. The number of hydrogen-bond acceptors (Lipinski definition) is 3. The zero-order valence-corrected chi connectivity index (χ0v) is 17.6. The summed E-state index contributed by atoms with van der Waals surface area (Å²) in [4.78, 5) is 29.1. The maximum atomic E-state index is 12.9. The fourth-order valence-electron chi connectivity index (χ4n) is 2.85. The molecule has 2 aromatic carbocycles. The predicted octanol–water partition coefficient (Wildman–Crippen LogP) is 3.83. The van der Waals surface area contributed by atoms with Gasteiger partial charge in [-0.15, -0.1) is 0 Å². The molecule has 0 aromatic heterocycles. The largest absolute Gasteiger partial charge is 0.349 e. The first-order chi connectivity index (χ1) is 13.9. The Labute approximate surface area is 176 Å². The summed E-state index contributed by atoms with van der Waals surface area (Å²) >= 11 is 6.20. The number of benzene rings is 2. The minimum atomic E-state index is -0.216. The maximum Gasteiger partial charge on any atom is 0.322 e. The molecular formula is C22H27ClN4O2. The Kier molecular flexibility index (Phi) is 7.12. The summed E-state index contributed by atoms with van der Waals surface area (Å²) in [6, 6.07) is 14.9. The van der Waals surface area contributed by atoms with E-state index in [0.29, 0.717) is 29.4 Å². The highest BCUT2D eigenvalue weighted by molar-refractivity contribution is 6.34. The molecule has 0 radical (unpaired) electrons. The minimum Gasteiger partial charge on any atom is -0.349 e. The van der Waals surface area contributed by atoms with E-state index in [0.717, 1.165) is 24.9 Å². The van der Waals surface area contributed by atoms with E-state index < -0.39 is 0 Å². The van der Waals surface area contributed by atoms with Gasteiger partial charge >= 0.3 is 6.03 Å². The number of nitrogens with one attached hydrogen (secondary N) is 2. The van der Waals surface area contributed by atoms with Crippen molar-refractivity contribution in [3.05, 3.63) is 64.7 Å². The van der Waals surface area contributed by atoms with Crippen LogP contribution in [0.5, 0.6) is 0 Å². The number of carbonyl (C=O) groups is 2. The first kappa shape index (κ1) is 21.1. The van der Waals surface area contributed by atoms with E-state index in [1.165, 1.54) is 0 Å². The first-order valence-corrected chi connectivity index (χ1v) is 10.1. The van der Waals surface area contributed by atoms with Gasteiger partial charge in [-0.25, -0.2) is 4.79 Å². The van der Waals surface area contributed by atoms with Gasteiger partial charge in [-0.1, -0.05) is 41.9 Å². The van der Waals surface area contributed by atoms with Crippen molar-refractivity contribution in [2.24, 2.45) is 0 Å². The summed E-state index contributed by atoms with van der Waals surface area (Å²) in [5.74, 6) is -0.206. The maximum absolute atomic E-state index is 12.9. The van der Waals surface area contributed by atoms with E-state index in [4.69, 9.17) is 11.6 Å². The molecule has 6 nitrogen and oxygen atoms in total. The Balaban J connectivity index is 1.71. The van der Waals surface area contributed by atoms with Gasteiger partial charge in [-0.05, 0) is 50.7 Å². The summed E-state index contributed by atoms with van der Waals surface area (Å²) in [5.41, 5.74) is 1.98. The van der Waals surface area contributed by atoms with E-state index in [9.17, 15) is 9.59 Å². The normalized spacial score (nSPS) is 13.2. The molecule has 154 valence electrons. The highest BCUT2D eigenvalue weighted by atomic mass is 35.5.